The Morgan fingerprint density at radius 2 is 1.90 bits per heavy atom. The normalized spacial score (nSPS) is 18.8. The number of nitrogens with zero attached hydrogens (tertiary/aromatic N) is 5. The van der Waals surface area contributed by atoms with Crippen LogP contribution in [0.2, 0.25) is 0 Å². The van der Waals surface area contributed by atoms with E-state index >= 15 is 0 Å². The molecule has 0 radical (unpaired) electrons. The summed E-state index contributed by atoms with van der Waals surface area (Å²) < 4.78 is 70.3. The lowest BCUT2D eigenvalue weighted by Crippen LogP contribution is -2.55. The predicted octanol–water partition coefficient (Wildman–Crippen LogP) is 4.92. The third-order valence-electron chi connectivity index (χ3n) is 7.00. The number of pyridine rings is 1. The van der Waals surface area contributed by atoms with Gasteiger partial charge in [0.05, 0.1) is 29.4 Å². The molecule has 0 unspecified atom stereocenters. The largest absolute Gasteiger partial charge is 0.421 e. The second kappa shape index (κ2) is 10.7. The van der Waals surface area contributed by atoms with Gasteiger partial charge in [0.1, 0.15) is 5.54 Å². The highest BCUT2D eigenvalue weighted by atomic mass is 19.4. The van der Waals surface area contributed by atoms with Crippen molar-refractivity contribution in [2.75, 3.05) is 23.3 Å². The minimum atomic E-state index is -4.69. The van der Waals surface area contributed by atoms with Crippen LogP contribution in [0.15, 0.2) is 71.7 Å². The van der Waals surface area contributed by atoms with Crippen LogP contribution in [0.1, 0.15) is 18.4 Å². The molecule has 5 rings (SSSR count). The van der Waals surface area contributed by atoms with Crippen molar-refractivity contribution >= 4 is 28.9 Å². The van der Waals surface area contributed by atoms with Crippen LogP contribution in [0, 0.1) is 23.0 Å². The Morgan fingerprint density at radius 1 is 1.17 bits per heavy atom. The molecule has 2 aliphatic rings. The number of carbonyl (C=O) groups excluding carboxylic acids is 2. The lowest BCUT2D eigenvalue weighted by molar-refractivity contribution is -0.437. The minimum Gasteiger partial charge on any atom is -0.368 e. The van der Waals surface area contributed by atoms with Gasteiger partial charge in [-0.15, -0.1) is 0 Å². The molecule has 14 heteroatoms. The molecule has 2 aliphatic heterocycles. The second-order valence-corrected chi connectivity index (χ2v) is 9.71. The topological polar surface area (TPSA) is 127 Å². The van der Waals surface area contributed by atoms with Crippen LogP contribution in [-0.4, -0.2) is 46.3 Å². The summed E-state index contributed by atoms with van der Waals surface area (Å²) in [6.07, 6.45) is -1.47. The molecule has 42 heavy (non-hydrogen) atoms. The molecule has 1 saturated heterocycles. The van der Waals surface area contributed by atoms with E-state index in [1.54, 1.807) is 6.07 Å². The van der Waals surface area contributed by atoms with Gasteiger partial charge in [-0.05, 0) is 53.1 Å². The van der Waals surface area contributed by atoms with E-state index in [-0.39, 0.29) is 29.2 Å². The number of halogens is 5. The van der Waals surface area contributed by atoms with Gasteiger partial charge in [-0.1, -0.05) is 12.1 Å². The highest BCUT2D eigenvalue weighted by molar-refractivity contribution is 6.06. The first-order valence-electron chi connectivity index (χ1n) is 12.5. The van der Waals surface area contributed by atoms with E-state index in [1.165, 1.54) is 41.6 Å². The molecular weight excluding hydrogens is 561 g/mol. The van der Waals surface area contributed by atoms with E-state index in [4.69, 9.17) is 5.73 Å². The lowest BCUT2D eigenvalue weighted by atomic mass is 9.99. The van der Waals surface area contributed by atoms with Gasteiger partial charge >= 0.3 is 17.8 Å². The van der Waals surface area contributed by atoms with E-state index in [0.29, 0.717) is 15.8 Å². The number of nitrogens with two attached hydrogens (primary N) is 1. The van der Waals surface area contributed by atoms with Crippen LogP contribution in [-0.2, 0) is 9.59 Å². The summed E-state index contributed by atoms with van der Waals surface area (Å²) in [4.78, 5) is 31.1. The molecule has 0 spiro atoms. The van der Waals surface area contributed by atoms with Crippen LogP contribution in [0.5, 0.6) is 0 Å². The number of nitrogens with one attached hydrogen (secondary N) is 1. The molecule has 3 aromatic rings. The van der Waals surface area contributed by atoms with Gasteiger partial charge in [-0.3, -0.25) is 9.78 Å². The number of hydrogen-bond acceptors (Lipinski definition) is 7. The van der Waals surface area contributed by atoms with Gasteiger partial charge in [0.15, 0.2) is 5.70 Å². The zero-order valence-electron chi connectivity index (χ0n) is 21.6. The molecule has 9 nitrogen and oxygen atoms in total. The number of hydrogen-bond donors (Lipinski definition) is 2. The van der Waals surface area contributed by atoms with E-state index < -0.39 is 60.2 Å². The molecule has 2 amide bonds. The first-order chi connectivity index (χ1) is 19.9. The summed E-state index contributed by atoms with van der Waals surface area (Å²) in [6, 6.07) is 11.0. The van der Waals surface area contributed by atoms with Crippen molar-refractivity contribution in [3.8, 4) is 17.2 Å². The zero-order valence-corrected chi connectivity index (χ0v) is 21.6. The van der Waals surface area contributed by atoms with Gasteiger partial charge in [-0.25, -0.2) is 4.79 Å². The maximum absolute atomic E-state index is 14.4. The van der Waals surface area contributed by atoms with Crippen LogP contribution in [0.3, 0.4) is 0 Å². The Kier molecular flexibility index (Phi) is 7.29. The fourth-order valence-corrected chi connectivity index (χ4v) is 4.72. The SMILES string of the molecule is N#Cc1ccncc1-c1ccc(NC(=O)C2=CCC(=O)[N+](c3c(F)cccc3F)=N2)c(N2CC[C@](N)(C(F)(F)F)C2)c1. The lowest BCUT2D eigenvalue weighted by Gasteiger charge is -2.29. The molecular formula is C28H21F5N7O2+. The Labute approximate surface area is 235 Å². The number of anilines is 2. The van der Waals surface area contributed by atoms with Crippen LogP contribution < -0.4 is 16.0 Å². The number of nitriles is 1. The summed E-state index contributed by atoms with van der Waals surface area (Å²) in [7, 11) is 0. The Balaban J connectivity index is 1.52. The number of rotatable bonds is 5. The quantitative estimate of drug-likeness (QED) is 0.325. The Morgan fingerprint density at radius 3 is 2.57 bits per heavy atom. The second-order valence-electron chi connectivity index (χ2n) is 9.71. The van der Waals surface area contributed by atoms with Gasteiger partial charge < -0.3 is 16.0 Å². The third kappa shape index (κ3) is 5.21. The Hall–Kier alpha value is -5.03. The molecule has 2 aromatic carbocycles. The van der Waals surface area contributed by atoms with Crippen molar-refractivity contribution in [3.05, 3.63) is 83.8 Å². The molecule has 0 bridgehead atoms. The van der Waals surface area contributed by atoms with Gasteiger partial charge in [0.25, 0.3) is 5.91 Å². The van der Waals surface area contributed by atoms with E-state index in [0.717, 1.165) is 18.2 Å². The monoisotopic (exact) mass is 582 g/mol. The smallest absolute Gasteiger partial charge is 0.368 e. The number of azo groups is 2. The number of amides is 2. The van der Waals surface area contributed by atoms with Crippen molar-refractivity contribution in [1.29, 1.82) is 5.26 Å². The third-order valence-corrected chi connectivity index (χ3v) is 7.00. The number of benzene rings is 2. The van der Waals surface area contributed by atoms with E-state index in [9.17, 15) is 36.8 Å². The molecule has 1 atom stereocenters. The fraction of sp³-hybridized carbons (Fsp3) is 0.214. The zero-order chi connectivity index (χ0) is 30.2. The maximum atomic E-state index is 14.4. The van der Waals surface area contributed by atoms with Crippen molar-refractivity contribution in [2.24, 2.45) is 10.8 Å². The van der Waals surface area contributed by atoms with Gasteiger partial charge in [-0.2, -0.15) is 27.2 Å². The number of aromatic nitrogens is 1. The van der Waals surface area contributed by atoms with E-state index in [1.807, 2.05) is 6.07 Å². The first-order valence-corrected chi connectivity index (χ1v) is 12.5. The van der Waals surface area contributed by atoms with Crippen molar-refractivity contribution in [3.63, 3.8) is 0 Å². The molecule has 3 N–H and O–H groups in total. The summed E-state index contributed by atoms with van der Waals surface area (Å²) >= 11 is 0. The molecule has 1 fully saturated rings. The number of carbonyl (C=O) groups is 2. The predicted molar refractivity (Wildman–Crippen MR) is 139 cm³/mol. The average molecular weight is 583 g/mol. The summed E-state index contributed by atoms with van der Waals surface area (Å²) in [5.74, 6) is -3.80. The molecule has 214 valence electrons. The van der Waals surface area contributed by atoms with Gasteiger partial charge in [0.2, 0.25) is 11.6 Å². The molecule has 0 aliphatic carbocycles. The summed E-state index contributed by atoms with van der Waals surface area (Å²) in [5, 5.41) is 15.9. The highest BCUT2D eigenvalue weighted by Crippen LogP contribution is 2.41. The maximum Gasteiger partial charge on any atom is 0.421 e. The number of para-hydroxylation sites is 1. The van der Waals surface area contributed by atoms with E-state index in [2.05, 4.69) is 15.4 Å². The highest BCUT2D eigenvalue weighted by Gasteiger charge is 2.55. The first kappa shape index (κ1) is 28.5. The number of alkyl halides is 3. The average Bonchev–Trinajstić information content (AvgIpc) is 3.37. The summed E-state index contributed by atoms with van der Waals surface area (Å²) in [5.41, 5.74) is 3.49. The van der Waals surface area contributed by atoms with Crippen LogP contribution in [0.25, 0.3) is 11.1 Å². The molecule has 1 aromatic heterocycles. The van der Waals surface area contributed by atoms with Gasteiger partial charge in [0, 0.05) is 36.2 Å². The fourth-order valence-electron chi connectivity index (χ4n) is 4.72. The minimum absolute atomic E-state index is 0.0780. The standard InChI is InChI=1S/C28H20F5N7O2/c29-19-2-1-3-20(30)25(19)40-24(41)7-6-22(38-40)26(42)37-21-5-4-16(18-14-36-10-8-17(18)13-34)12-23(21)39-11-9-27(35,15-39)28(31,32)33/h1-6,8,10,12,14H,7,9,11,15,35H2/p+1/t27-/m1/s1. The summed E-state index contributed by atoms with van der Waals surface area (Å²) in [6.45, 7) is -0.703. The molecule has 3 heterocycles. The van der Waals surface area contributed by atoms with Crippen LogP contribution in [0.4, 0.5) is 39.0 Å². The van der Waals surface area contributed by atoms with Crippen molar-refractivity contribution in [1.82, 2.24) is 4.98 Å². The Bertz CT molecular complexity index is 1690. The van der Waals surface area contributed by atoms with Crippen molar-refractivity contribution in [2.45, 2.75) is 24.6 Å². The van der Waals surface area contributed by atoms with Crippen molar-refractivity contribution < 1.29 is 36.2 Å². The van der Waals surface area contributed by atoms with Crippen LogP contribution >= 0.6 is 0 Å². The molecule has 0 saturated carbocycles.